The summed E-state index contributed by atoms with van der Waals surface area (Å²) < 4.78 is 0. The summed E-state index contributed by atoms with van der Waals surface area (Å²) >= 11 is 5.51. The van der Waals surface area contributed by atoms with Crippen molar-refractivity contribution in [3.63, 3.8) is 0 Å². The van der Waals surface area contributed by atoms with Crippen LogP contribution in [0.15, 0.2) is 0 Å². The molecule has 0 unspecified atom stereocenters. The van der Waals surface area contributed by atoms with Crippen molar-refractivity contribution in [2.45, 2.75) is 32.1 Å². The van der Waals surface area contributed by atoms with E-state index in [1.807, 2.05) is 0 Å². The van der Waals surface area contributed by atoms with Crippen LogP contribution in [0.25, 0.3) is 0 Å². The van der Waals surface area contributed by atoms with Gasteiger partial charge in [-0.2, -0.15) is 0 Å². The van der Waals surface area contributed by atoms with E-state index in [9.17, 15) is 4.79 Å². The van der Waals surface area contributed by atoms with Crippen LogP contribution in [0.4, 0.5) is 0 Å². The van der Waals surface area contributed by atoms with Crippen molar-refractivity contribution >= 4 is 16.8 Å². The van der Waals surface area contributed by atoms with Gasteiger partial charge in [0, 0.05) is 5.92 Å². The van der Waals surface area contributed by atoms with Crippen molar-refractivity contribution in [2.24, 2.45) is 17.8 Å². The van der Waals surface area contributed by atoms with E-state index in [0.29, 0.717) is 5.92 Å². The third kappa shape index (κ3) is 1.31. The second kappa shape index (κ2) is 2.78. The summed E-state index contributed by atoms with van der Waals surface area (Å²) in [4.78, 5) is 11.0. The van der Waals surface area contributed by atoms with Crippen molar-refractivity contribution < 1.29 is 4.79 Å². The number of hydrogen-bond donors (Lipinski definition) is 0. The Hall–Kier alpha value is -0.0400. The molecule has 2 bridgehead atoms. The maximum absolute atomic E-state index is 11.0. The highest BCUT2D eigenvalue weighted by molar-refractivity contribution is 6.64. The van der Waals surface area contributed by atoms with Gasteiger partial charge in [0.1, 0.15) is 0 Å². The second-order valence-electron chi connectivity index (χ2n) is 3.93. The summed E-state index contributed by atoms with van der Waals surface area (Å²) in [6, 6.07) is 0. The van der Waals surface area contributed by atoms with Crippen LogP contribution in [0, 0.1) is 17.8 Å². The maximum Gasteiger partial charge on any atom is 0.225 e. The van der Waals surface area contributed by atoms with Crippen LogP contribution in [0.2, 0.25) is 0 Å². The lowest BCUT2D eigenvalue weighted by atomic mass is 9.65. The highest BCUT2D eigenvalue weighted by Crippen LogP contribution is 2.45. The first-order chi connectivity index (χ1) is 5.27. The first kappa shape index (κ1) is 7.60. The molecule has 0 saturated heterocycles. The minimum absolute atomic E-state index is 0.0839. The highest BCUT2D eigenvalue weighted by Gasteiger charge is 2.38. The highest BCUT2D eigenvalue weighted by atomic mass is 35.5. The Balaban J connectivity index is 2.08. The lowest BCUT2D eigenvalue weighted by Crippen LogP contribution is -2.34. The third-order valence-electron chi connectivity index (χ3n) is 3.34. The van der Waals surface area contributed by atoms with Crippen LogP contribution < -0.4 is 0 Å². The molecule has 3 aliphatic carbocycles. The fraction of sp³-hybridized carbons (Fsp3) is 0.889. The Morgan fingerprint density at radius 3 is 2.09 bits per heavy atom. The second-order valence-corrected chi connectivity index (χ2v) is 4.30. The van der Waals surface area contributed by atoms with Gasteiger partial charge in [0.05, 0.1) is 0 Å². The van der Waals surface area contributed by atoms with Crippen LogP contribution in [-0.2, 0) is 4.79 Å². The van der Waals surface area contributed by atoms with E-state index in [1.54, 1.807) is 0 Å². The summed E-state index contributed by atoms with van der Waals surface area (Å²) in [5.41, 5.74) is 0. The molecule has 11 heavy (non-hydrogen) atoms. The van der Waals surface area contributed by atoms with Crippen molar-refractivity contribution in [1.82, 2.24) is 0 Å². The number of fused-ring (bicyclic) bond motifs is 3. The van der Waals surface area contributed by atoms with Crippen LogP contribution in [0.3, 0.4) is 0 Å². The molecule has 1 nitrogen and oxygen atoms in total. The van der Waals surface area contributed by atoms with Crippen molar-refractivity contribution in [3.8, 4) is 0 Å². The molecule has 0 amide bonds. The Morgan fingerprint density at radius 1 is 1.18 bits per heavy atom. The molecule has 0 N–H and O–H groups in total. The molecule has 0 radical (unpaired) electrons. The molecule has 1 atom stereocenters. The zero-order valence-electron chi connectivity index (χ0n) is 6.55. The van der Waals surface area contributed by atoms with E-state index in [2.05, 4.69) is 0 Å². The van der Waals surface area contributed by atoms with Crippen molar-refractivity contribution in [2.75, 3.05) is 0 Å². The van der Waals surface area contributed by atoms with Gasteiger partial charge < -0.3 is 0 Å². The summed E-state index contributed by atoms with van der Waals surface area (Å²) in [6.07, 6.45) is 6.24. The number of hydrogen-bond acceptors (Lipinski definition) is 1. The van der Waals surface area contributed by atoms with Gasteiger partial charge in [0.25, 0.3) is 0 Å². The molecule has 0 aromatic carbocycles. The van der Waals surface area contributed by atoms with Gasteiger partial charge in [-0.25, -0.2) is 0 Å². The average Bonchev–Trinajstić information content (AvgIpc) is 2.06. The number of rotatable bonds is 1. The SMILES string of the molecule is O=C(Cl)[C@H]1CC2CCC1CC2. The summed E-state index contributed by atoms with van der Waals surface area (Å²) in [5.74, 6) is 1.65. The largest absolute Gasteiger partial charge is 0.281 e. The Bertz CT molecular complexity index is 170. The Kier molecular flexibility index (Phi) is 1.92. The summed E-state index contributed by atoms with van der Waals surface area (Å²) in [7, 11) is 0. The molecule has 3 rings (SSSR count). The zero-order chi connectivity index (χ0) is 7.84. The predicted molar refractivity (Wildman–Crippen MR) is 44.4 cm³/mol. The number of carbonyl (C=O) groups is 1. The summed E-state index contributed by atoms with van der Waals surface area (Å²) in [5, 5.41) is -0.0839. The molecule has 3 saturated carbocycles. The molecule has 2 heteroatoms. The Morgan fingerprint density at radius 2 is 1.82 bits per heavy atom. The molecule has 0 aromatic heterocycles. The quantitative estimate of drug-likeness (QED) is 0.556. The van der Waals surface area contributed by atoms with E-state index in [0.717, 1.165) is 12.3 Å². The van der Waals surface area contributed by atoms with E-state index in [1.165, 1.54) is 25.7 Å². The van der Waals surface area contributed by atoms with Gasteiger partial charge in [0.15, 0.2) is 0 Å². The molecule has 3 fully saturated rings. The molecule has 0 aliphatic heterocycles. The van der Waals surface area contributed by atoms with Crippen molar-refractivity contribution in [3.05, 3.63) is 0 Å². The van der Waals surface area contributed by atoms with Crippen LogP contribution in [0.1, 0.15) is 32.1 Å². The minimum atomic E-state index is -0.0839. The molecular weight excluding hydrogens is 160 g/mol. The first-order valence-corrected chi connectivity index (χ1v) is 4.84. The molecule has 0 aromatic rings. The van der Waals surface area contributed by atoms with E-state index < -0.39 is 0 Å². The van der Waals surface area contributed by atoms with Crippen LogP contribution in [0.5, 0.6) is 0 Å². The predicted octanol–water partition coefficient (Wildman–Crippen LogP) is 2.58. The fourth-order valence-electron chi connectivity index (χ4n) is 2.66. The summed E-state index contributed by atoms with van der Waals surface area (Å²) in [6.45, 7) is 0. The van der Waals surface area contributed by atoms with Crippen LogP contribution >= 0.6 is 11.6 Å². The van der Waals surface area contributed by atoms with E-state index >= 15 is 0 Å². The molecule has 0 heterocycles. The maximum atomic E-state index is 11.0. The lowest BCUT2D eigenvalue weighted by molar-refractivity contribution is -0.119. The monoisotopic (exact) mass is 172 g/mol. The normalized spacial score (nSPS) is 42.5. The Labute approximate surface area is 72.1 Å². The van der Waals surface area contributed by atoms with Gasteiger partial charge >= 0.3 is 0 Å². The lowest BCUT2D eigenvalue weighted by Gasteiger charge is -2.40. The van der Waals surface area contributed by atoms with Crippen molar-refractivity contribution in [1.29, 1.82) is 0 Å². The van der Waals surface area contributed by atoms with E-state index in [-0.39, 0.29) is 11.2 Å². The number of carbonyl (C=O) groups excluding carboxylic acids is 1. The standard InChI is InChI=1S/C9H13ClO/c10-9(11)8-5-6-1-3-7(8)4-2-6/h6-8H,1-5H2/t6?,7?,8-/m0/s1. The first-order valence-electron chi connectivity index (χ1n) is 4.46. The number of halogens is 1. The minimum Gasteiger partial charge on any atom is -0.281 e. The average molecular weight is 173 g/mol. The van der Waals surface area contributed by atoms with Crippen LogP contribution in [-0.4, -0.2) is 5.24 Å². The van der Waals surface area contributed by atoms with Gasteiger partial charge in [0.2, 0.25) is 5.24 Å². The topological polar surface area (TPSA) is 17.1 Å². The molecule has 0 spiro atoms. The van der Waals surface area contributed by atoms with Gasteiger partial charge in [-0.15, -0.1) is 0 Å². The van der Waals surface area contributed by atoms with Gasteiger partial charge in [-0.05, 0) is 42.7 Å². The third-order valence-corrected chi connectivity index (χ3v) is 3.62. The molecule has 62 valence electrons. The zero-order valence-corrected chi connectivity index (χ0v) is 7.31. The van der Waals surface area contributed by atoms with Gasteiger partial charge in [-0.3, -0.25) is 4.79 Å². The molecular formula is C9H13ClO. The van der Waals surface area contributed by atoms with E-state index in [4.69, 9.17) is 11.6 Å². The molecule has 3 aliphatic rings. The fourth-order valence-corrected chi connectivity index (χ4v) is 2.92. The van der Waals surface area contributed by atoms with Gasteiger partial charge in [-0.1, -0.05) is 12.8 Å². The smallest absolute Gasteiger partial charge is 0.225 e.